The Labute approximate surface area is 210 Å². The number of fused-ring (bicyclic) bond motifs is 3. The second-order valence-corrected chi connectivity index (χ2v) is 11.3. The van der Waals surface area contributed by atoms with Gasteiger partial charge >= 0.3 is 0 Å². The fourth-order valence-electron chi connectivity index (χ4n) is 4.93. The van der Waals surface area contributed by atoms with Gasteiger partial charge in [0, 0.05) is 16.8 Å². The first-order chi connectivity index (χ1) is 16.3. The molecule has 34 heavy (non-hydrogen) atoms. The number of nitrogens with zero attached hydrogens (tertiary/aromatic N) is 4. The largest absolute Gasteiger partial charge is 0.382 e. The summed E-state index contributed by atoms with van der Waals surface area (Å²) in [5.74, 6) is -0.281. The Morgan fingerprint density at radius 3 is 2.79 bits per heavy atom. The first-order valence-electron chi connectivity index (χ1n) is 11.1. The van der Waals surface area contributed by atoms with E-state index in [1.165, 1.54) is 11.9 Å². The first-order valence-corrected chi connectivity index (χ1v) is 12.8. The predicted molar refractivity (Wildman–Crippen MR) is 136 cm³/mol. The molecule has 2 aliphatic rings. The molecule has 0 aliphatic carbocycles. The van der Waals surface area contributed by atoms with Gasteiger partial charge in [-0.15, -0.1) is 11.8 Å². The number of rotatable bonds is 4. The minimum atomic E-state index is -0.633. The van der Waals surface area contributed by atoms with Crippen molar-refractivity contribution in [2.45, 2.75) is 55.3 Å². The van der Waals surface area contributed by atoms with Crippen molar-refractivity contribution < 1.29 is 9.47 Å². The molecule has 7 nitrogen and oxygen atoms in total. The van der Waals surface area contributed by atoms with E-state index in [-0.39, 0.29) is 22.8 Å². The van der Waals surface area contributed by atoms with Crippen LogP contribution < -0.4 is 5.73 Å². The van der Waals surface area contributed by atoms with Crippen LogP contribution in [0.3, 0.4) is 0 Å². The maximum atomic E-state index is 6.38. The number of aryl methyl sites for hydroxylation is 1. The summed E-state index contributed by atoms with van der Waals surface area (Å²) in [6.45, 7) is 3.95. The number of benzene rings is 1. The lowest BCUT2D eigenvalue weighted by atomic mass is 10.0. The molecule has 1 unspecified atom stereocenters. The minimum Gasteiger partial charge on any atom is -0.382 e. The van der Waals surface area contributed by atoms with Crippen molar-refractivity contribution in [1.82, 2.24) is 19.5 Å². The van der Waals surface area contributed by atoms with Gasteiger partial charge in [0.25, 0.3) is 0 Å². The van der Waals surface area contributed by atoms with Crippen molar-refractivity contribution in [2.75, 3.05) is 5.73 Å². The lowest BCUT2D eigenvalue weighted by Gasteiger charge is -2.24. The van der Waals surface area contributed by atoms with E-state index in [1.54, 1.807) is 0 Å². The zero-order valence-corrected chi connectivity index (χ0v) is 20.9. The lowest BCUT2D eigenvalue weighted by Crippen LogP contribution is -2.29. The van der Waals surface area contributed by atoms with Crippen molar-refractivity contribution in [3.8, 4) is 0 Å². The monoisotopic (exact) mass is 515 g/mol. The standard InChI is InChI=1S/C24H23Cl2N5O2S/c1-24(2)32-18-17(6-4-12-3-5-13-10-15(25)21(27)30-16(13)9-12)34-23(19(18)33-24)31-8-7-14-20(26)28-11-29-22(14)31/h3,5,7-11,17-19,23H,4,6H2,1-2H3,(H2,27,30)/t17-,18-,19-,23?/m1/s1. The molecule has 4 atom stereocenters. The van der Waals surface area contributed by atoms with Gasteiger partial charge in [-0.25, -0.2) is 15.0 Å². The van der Waals surface area contributed by atoms with Crippen LogP contribution in [0.15, 0.2) is 42.9 Å². The van der Waals surface area contributed by atoms with Crippen molar-refractivity contribution in [2.24, 2.45) is 0 Å². The topological polar surface area (TPSA) is 88.1 Å². The molecule has 2 N–H and O–H groups in total. The molecule has 6 rings (SSSR count). The van der Waals surface area contributed by atoms with E-state index in [9.17, 15) is 0 Å². The average Bonchev–Trinajstić information content (AvgIpc) is 3.45. The third kappa shape index (κ3) is 3.82. The summed E-state index contributed by atoms with van der Waals surface area (Å²) >= 11 is 14.3. The third-order valence-electron chi connectivity index (χ3n) is 6.44. The number of hydrogen-bond donors (Lipinski definition) is 1. The Morgan fingerprint density at radius 1 is 1.12 bits per heavy atom. The summed E-state index contributed by atoms with van der Waals surface area (Å²) in [7, 11) is 0. The van der Waals surface area contributed by atoms with Gasteiger partial charge in [-0.3, -0.25) is 0 Å². The Balaban J connectivity index is 1.27. The van der Waals surface area contributed by atoms with Gasteiger partial charge in [0.2, 0.25) is 0 Å². The van der Waals surface area contributed by atoms with Crippen LogP contribution in [0.4, 0.5) is 5.82 Å². The lowest BCUT2D eigenvalue weighted by molar-refractivity contribution is -0.148. The van der Waals surface area contributed by atoms with E-state index in [4.69, 9.17) is 38.4 Å². The van der Waals surface area contributed by atoms with Crippen molar-refractivity contribution >= 4 is 62.7 Å². The molecule has 3 aromatic heterocycles. The van der Waals surface area contributed by atoms with Gasteiger partial charge in [0.05, 0.1) is 15.9 Å². The molecular weight excluding hydrogens is 493 g/mol. The number of pyridine rings is 1. The van der Waals surface area contributed by atoms with Crippen LogP contribution in [-0.4, -0.2) is 42.8 Å². The highest BCUT2D eigenvalue weighted by Gasteiger charge is 2.55. The Morgan fingerprint density at radius 2 is 1.94 bits per heavy atom. The molecule has 0 saturated carbocycles. The molecule has 2 fully saturated rings. The van der Waals surface area contributed by atoms with Gasteiger partial charge in [-0.1, -0.05) is 35.3 Å². The summed E-state index contributed by atoms with van der Waals surface area (Å²) in [5.41, 5.74) is 8.77. The summed E-state index contributed by atoms with van der Waals surface area (Å²) in [6.07, 6.45) is 5.23. The summed E-state index contributed by atoms with van der Waals surface area (Å²) in [6, 6.07) is 10.1. The average molecular weight is 516 g/mol. The zero-order valence-electron chi connectivity index (χ0n) is 18.6. The third-order valence-corrected chi connectivity index (χ3v) is 8.67. The molecule has 5 heterocycles. The maximum absolute atomic E-state index is 6.38. The second kappa shape index (κ2) is 8.24. The molecule has 0 radical (unpaired) electrons. The van der Waals surface area contributed by atoms with Gasteiger partial charge in [0.15, 0.2) is 5.79 Å². The molecule has 0 bridgehead atoms. The molecule has 2 saturated heterocycles. The highest BCUT2D eigenvalue weighted by atomic mass is 35.5. The van der Waals surface area contributed by atoms with Crippen LogP contribution in [0.25, 0.3) is 21.9 Å². The van der Waals surface area contributed by atoms with Gasteiger partial charge in [-0.05, 0) is 50.5 Å². The Kier molecular flexibility index (Phi) is 5.42. The van der Waals surface area contributed by atoms with Crippen molar-refractivity contribution in [1.29, 1.82) is 0 Å². The smallest absolute Gasteiger partial charge is 0.163 e. The Hall–Kier alpha value is -2.10. The van der Waals surface area contributed by atoms with Crippen LogP contribution in [0.1, 0.15) is 31.2 Å². The van der Waals surface area contributed by atoms with Gasteiger partial charge in [-0.2, -0.15) is 0 Å². The number of aromatic nitrogens is 4. The van der Waals surface area contributed by atoms with Crippen LogP contribution in [0, 0.1) is 0 Å². The molecular formula is C24H23Cl2N5O2S. The van der Waals surface area contributed by atoms with Crippen molar-refractivity contribution in [3.05, 3.63) is 58.6 Å². The zero-order chi connectivity index (χ0) is 23.6. The summed E-state index contributed by atoms with van der Waals surface area (Å²) in [4.78, 5) is 13.0. The van der Waals surface area contributed by atoms with E-state index in [2.05, 4.69) is 31.7 Å². The minimum absolute atomic E-state index is 0.0206. The SMILES string of the molecule is CC1(C)O[C@@H]2[C@@H](CCc3ccc4cc(Cl)c(N)nc4c3)SC(n3ccc4c(Cl)ncnc43)[C@@H]2O1. The van der Waals surface area contributed by atoms with Crippen LogP contribution in [0.5, 0.6) is 0 Å². The number of halogens is 2. The molecule has 0 spiro atoms. The van der Waals surface area contributed by atoms with E-state index in [0.29, 0.717) is 16.0 Å². The van der Waals surface area contributed by atoms with E-state index in [0.717, 1.165) is 34.8 Å². The van der Waals surface area contributed by atoms with Crippen LogP contribution >= 0.6 is 35.0 Å². The van der Waals surface area contributed by atoms with Gasteiger partial charge < -0.3 is 19.8 Å². The molecule has 4 aromatic rings. The number of anilines is 1. The number of hydrogen-bond acceptors (Lipinski definition) is 7. The fraction of sp³-hybridized carbons (Fsp3) is 0.375. The number of nitrogens with two attached hydrogens (primary N) is 1. The fourth-order valence-corrected chi connectivity index (χ4v) is 6.92. The molecule has 2 aliphatic heterocycles. The first kappa shape index (κ1) is 22.4. The number of nitrogen functional groups attached to an aromatic ring is 1. The maximum Gasteiger partial charge on any atom is 0.163 e. The quantitative estimate of drug-likeness (QED) is 0.352. The van der Waals surface area contributed by atoms with E-state index >= 15 is 0 Å². The normalized spacial score (nSPS) is 25.9. The van der Waals surface area contributed by atoms with Crippen molar-refractivity contribution in [3.63, 3.8) is 0 Å². The highest BCUT2D eigenvalue weighted by Crippen LogP contribution is 2.52. The second-order valence-electron chi connectivity index (χ2n) is 9.18. The molecule has 10 heteroatoms. The molecule has 176 valence electrons. The number of ether oxygens (including phenoxy) is 2. The van der Waals surface area contributed by atoms with Crippen LogP contribution in [-0.2, 0) is 15.9 Å². The summed E-state index contributed by atoms with van der Waals surface area (Å²) < 4.78 is 14.9. The molecule has 0 amide bonds. The number of thioether (sulfide) groups is 1. The summed E-state index contributed by atoms with van der Waals surface area (Å²) in [5, 5.41) is 3.03. The van der Waals surface area contributed by atoms with E-state index < -0.39 is 5.79 Å². The predicted octanol–water partition coefficient (Wildman–Crippen LogP) is 5.64. The Bertz CT molecular complexity index is 1410. The van der Waals surface area contributed by atoms with E-state index in [1.807, 2.05) is 50.0 Å². The highest BCUT2D eigenvalue weighted by molar-refractivity contribution is 8.00. The van der Waals surface area contributed by atoms with Crippen LogP contribution in [0.2, 0.25) is 10.2 Å². The molecule has 1 aromatic carbocycles. The van der Waals surface area contributed by atoms with Gasteiger partial charge in [0.1, 0.15) is 40.5 Å².